The number of nitrogens with one attached hydrogen (secondary N) is 4. The normalized spacial score (nSPS) is 10.9. The molecule has 4 aromatic carbocycles. The van der Waals surface area contributed by atoms with E-state index in [-0.39, 0.29) is 127 Å². The minimum absolute atomic E-state index is 0.0473. The third kappa shape index (κ3) is 24.9. The number of nitrogens with two attached hydrogens (primary N) is 9. The summed E-state index contributed by atoms with van der Waals surface area (Å²) in [4.78, 5) is 42.5. The van der Waals surface area contributed by atoms with Crippen LogP contribution < -0.4 is 90.7 Å². The van der Waals surface area contributed by atoms with Crippen molar-refractivity contribution in [2.75, 3.05) is 77.3 Å². The van der Waals surface area contributed by atoms with Crippen molar-refractivity contribution in [1.29, 1.82) is 10.8 Å². The van der Waals surface area contributed by atoms with Crippen molar-refractivity contribution >= 4 is 68.8 Å². The zero-order valence-electron chi connectivity index (χ0n) is 45.1. The van der Waals surface area contributed by atoms with Crippen LogP contribution in [-0.2, 0) is 22.7 Å². The minimum Gasteiger partial charge on any atom is -0.491 e. The second-order valence-corrected chi connectivity index (χ2v) is 20.1. The van der Waals surface area contributed by atoms with Crippen LogP contribution in [0.2, 0.25) is 0 Å². The molecule has 0 radical (unpaired) electrons. The van der Waals surface area contributed by atoms with Crippen molar-refractivity contribution in [3.63, 3.8) is 0 Å². The number of para-hydroxylation sites is 2. The first-order valence-electron chi connectivity index (χ1n) is 25.7. The van der Waals surface area contributed by atoms with E-state index >= 15 is 0 Å². The first kappa shape index (κ1) is 64.1. The van der Waals surface area contributed by atoms with Crippen LogP contribution in [0.4, 0.5) is 0 Å². The average molecular weight is 1140 g/mol. The molecule has 434 valence electrons. The number of guanidine groups is 3. The molecule has 4 aromatic rings. The summed E-state index contributed by atoms with van der Waals surface area (Å²) in [6, 6.07) is 22.1. The Labute approximate surface area is 474 Å². The van der Waals surface area contributed by atoms with Gasteiger partial charge in [0.05, 0.1) is 56.9 Å². The minimum atomic E-state index is -0.149. The molecular formula is C53H77N17O8S2. The molecule has 4 rings (SSSR count). The Morgan fingerprint density at radius 3 is 1.20 bits per heavy atom. The van der Waals surface area contributed by atoms with Gasteiger partial charge < -0.3 is 90.7 Å². The van der Waals surface area contributed by atoms with E-state index in [1.54, 1.807) is 25.1 Å². The summed E-state index contributed by atoms with van der Waals surface area (Å²) in [5.74, 6) is 3.94. The van der Waals surface area contributed by atoms with Gasteiger partial charge in [0, 0.05) is 72.5 Å². The summed E-state index contributed by atoms with van der Waals surface area (Å²) in [6.45, 7) is 4.43. The number of carbonyl (C=O) groups excluding carboxylic acids is 2. The van der Waals surface area contributed by atoms with E-state index in [4.69, 9.17) is 90.8 Å². The lowest BCUT2D eigenvalue weighted by Crippen LogP contribution is -2.23. The van der Waals surface area contributed by atoms with Gasteiger partial charge in [0.15, 0.2) is 40.9 Å². The van der Waals surface area contributed by atoms with Crippen LogP contribution in [0.3, 0.4) is 0 Å². The van der Waals surface area contributed by atoms with E-state index in [9.17, 15) is 9.59 Å². The van der Waals surface area contributed by atoms with Gasteiger partial charge in [-0.2, -0.15) is 0 Å². The second kappa shape index (κ2) is 35.9. The number of hydrogen-bond acceptors (Lipinski definition) is 16. The lowest BCUT2D eigenvalue weighted by atomic mass is 10.00. The lowest BCUT2D eigenvalue weighted by Gasteiger charge is -2.19. The molecule has 22 N–H and O–H groups in total. The van der Waals surface area contributed by atoms with Crippen LogP contribution in [-0.4, -0.2) is 125 Å². The zero-order valence-corrected chi connectivity index (χ0v) is 46.8. The molecule has 0 fully saturated rings. The van der Waals surface area contributed by atoms with E-state index < -0.39 is 0 Å². The molecule has 0 saturated carbocycles. The first-order valence-corrected chi connectivity index (χ1v) is 28.1. The Bertz CT molecular complexity index is 2580. The van der Waals surface area contributed by atoms with Gasteiger partial charge in [-0.05, 0) is 67.3 Å². The number of hydrogen-bond donors (Lipinski definition) is 13. The molecular weight excluding hydrogens is 1070 g/mol. The maximum atomic E-state index is 13.1. The molecule has 80 heavy (non-hydrogen) atoms. The molecule has 0 aromatic heterocycles. The highest BCUT2D eigenvalue weighted by Gasteiger charge is 2.20. The molecule has 27 heteroatoms. The molecule has 25 nitrogen and oxygen atoms in total. The van der Waals surface area contributed by atoms with Crippen molar-refractivity contribution in [3.05, 3.63) is 83.9 Å². The fourth-order valence-corrected chi connectivity index (χ4v) is 9.22. The monoisotopic (exact) mass is 1140 g/mol. The number of rotatable bonds is 39. The molecule has 0 saturated heterocycles. The molecule has 0 unspecified atom stereocenters. The van der Waals surface area contributed by atoms with Gasteiger partial charge in [0.25, 0.3) is 0 Å². The Balaban J connectivity index is 1.37. The Morgan fingerprint density at radius 1 is 0.463 bits per heavy atom. The van der Waals surface area contributed by atoms with Gasteiger partial charge in [-0.25, -0.2) is 0 Å². The number of carbonyl (C=O) groups is 2. The van der Waals surface area contributed by atoms with Crippen molar-refractivity contribution in [1.82, 2.24) is 10.6 Å². The Hall–Kier alpha value is -8.46. The van der Waals surface area contributed by atoms with Gasteiger partial charge in [-0.15, -0.1) is 0 Å². The van der Waals surface area contributed by atoms with Gasteiger partial charge in [0.1, 0.15) is 37.9 Å². The summed E-state index contributed by atoms with van der Waals surface area (Å²) >= 11 is 0. The van der Waals surface area contributed by atoms with Gasteiger partial charge >= 0.3 is 0 Å². The summed E-state index contributed by atoms with van der Waals surface area (Å²) in [5, 5.41) is 21.3. The van der Waals surface area contributed by atoms with Gasteiger partial charge in [0.2, 0.25) is 11.8 Å². The molecule has 0 heterocycles. The first-order chi connectivity index (χ1) is 38.5. The highest BCUT2D eigenvalue weighted by Crippen LogP contribution is 2.44. The van der Waals surface area contributed by atoms with E-state index in [1.165, 1.54) is 21.6 Å². The number of amidine groups is 3. The van der Waals surface area contributed by atoms with E-state index in [2.05, 4.69) is 30.6 Å². The van der Waals surface area contributed by atoms with Gasteiger partial charge in [-0.3, -0.25) is 40.4 Å². The molecule has 2 amide bonds. The smallest absolute Gasteiger partial charge is 0.221 e. The van der Waals surface area contributed by atoms with Crippen molar-refractivity contribution < 1.29 is 38.0 Å². The van der Waals surface area contributed by atoms with Crippen LogP contribution in [0.15, 0.2) is 92.8 Å². The van der Waals surface area contributed by atoms with E-state index in [1.807, 2.05) is 54.6 Å². The van der Waals surface area contributed by atoms with E-state index in [0.29, 0.717) is 106 Å². The quantitative estimate of drug-likeness (QED) is 0.0132. The summed E-state index contributed by atoms with van der Waals surface area (Å²) in [7, 11) is 3.02. The van der Waals surface area contributed by atoms with Crippen LogP contribution in [0.1, 0.15) is 56.6 Å². The number of amides is 2. The summed E-state index contributed by atoms with van der Waals surface area (Å²) in [6.07, 6.45) is 2.20. The highest BCUT2D eigenvalue weighted by molar-refractivity contribution is 8.76. The SMILES string of the molecule is CC(N)=NCCOc1ccc(CNC(=O)CCSSCCC(=O)NCc2ccc(OCCN=C(N)N)c(-c3cccc(OCCN=C(N)N)c3OCCCC(=N)N)c2)cc1-c1cccc(OCCN=C(N)N)c1OCCCC(=N)N. The molecule has 0 bridgehead atoms. The van der Waals surface area contributed by atoms with Gasteiger partial charge in [-0.1, -0.05) is 58.0 Å². The largest absolute Gasteiger partial charge is 0.491 e. The molecule has 0 aliphatic carbocycles. The maximum absolute atomic E-state index is 13.1. The van der Waals surface area contributed by atoms with Crippen LogP contribution in [0, 0.1) is 10.8 Å². The highest BCUT2D eigenvalue weighted by atomic mass is 33.1. The number of benzene rings is 4. The van der Waals surface area contributed by atoms with E-state index in [0.717, 1.165) is 11.1 Å². The number of ether oxygens (including phenoxy) is 6. The lowest BCUT2D eigenvalue weighted by molar-refractivity contribution is -0.121. The zero-order chi connectivity index (χ0) is 58.1. The summed E-state index contributed by atoms with van der Waals surface area (Å²) < 4.78 is 37.1. The maximum Gasteiger partial charge on any atom is 0.221 e. The molecule has 0 spiro atoms. The third-order valence-corrected chi connectivity index (χ3v) is 13.2. The third-order valence-electron chi connectivity index (χ3n) is 10.8. The Kier molecular flexibility index (Phi) is 28.7. The van der Waals surface area contributed by atoms with Crippen molar-refractivity contribution in [2.45, 2.75) is 58.5 Å². The van der Waals surface area contributed by atoms with Crippen molar-refractivity contribution in [3.8, 4) is 56.8 Å². The fourth-order valence-electron chi connectivity index (χ4n) is 7.23. The molecule has 0 atom stereocenters. The number of nitrogens with zero attached hydrogens (tertiary/aromatic N) is 4. The fraction of sp³-hybridized carbons (Fsp3) is 0.396. The number of aliphatic imine (C=N–C) groups is 4. The van der Waals surface area contributed by atoms with Crippen LogP contribution >= 0.6 is 21.6 Å². The summed E-state index contributed by atoms with van der Waals surface area (Å²) in [5.41, 5.74) is 54.3. The standard InChI is InChI=1S/C53H77N17O8S2/c1-34(54)65-18-24-73-41-14-12-35(30-39(41)37-6-2-8-43(75-26-20-67-52(61)62)49(37)77-22-4-10-45(55)56)32-69-47(71)16-28-79-80-29-17-48(72)70-33-36-13-15-42(74-25-19-66-51(59)60)40(31-36)38-7-3-9-44(76-27-21-68-53(63)64)50(38)78-23-5-11-46(57)58/h2-3,6-9,12-15,30-31H,4-5,10-11,16-29,32-33H2,1H3,(H2,54,65)(H3,55,56)(H3,57,58)(H,69,71)(H,70,72)(H4,59,60,66)(H4,61,62,67)(H4,63,64,68). The predicted molar refractivity (Wildman–Crippen MR) is 321 cm³/mol. The second-order valence-electron chi connectivity index (χ2n) is 17.4. The van der Waals surface area contributed by atoms with Crippen LogP contribution in [0.25, 0.3) is 22.3 Å². The average Bonchev–Trinajstić information content (AvgIpc) is 3.52. The molecule has 0 aliphatic heterocycles. The predicted octanol–water partition coefficient (Wildman–Crippen LogP) is 3.02. The van der Waals surface area contributed by atoms with Crippen molar-refractivity contribution in [2.24, 2.45) is 71.6 Å². The molecule has 0 aliphatic rings. The Morgan fingerprint density at radius 2 is 0.838 bits per heavy atom. The topological polar surface area (TPSA) is 445 Å². The van der Waals surface area contributed by atoms with Crippen LogP contribution in [0.5, 0.6) is 34.5 Å².